The van der Waals surface area contributed by atoms with Crippen molar-refractivity contribution < 1.29 is 47.2 Å². The van der Waals surface area contributed by atoms with Gasteiger partial charge in [-0.2, -0.15) is 0 Å². The van der Waals surface area contributed by atoms with Crippen LogP contribution in [-0.4, -0.2) is 20.7 Å². The average molecular weight is 552 g/mol. The summed E-state index contributed by atoms with van der Waals surface area (Å²) in [6.45, 7) is 2.26. The molecule has 4 heteroatoms. The van der Waals surface area contributed by atoms with E-state index < -0.39 is 0 Å². The molecule has 14 heavy (non-hydrogen) atoms. The second kappa shape index (κ2) is 11.1. The first-order chi connectivity index (χ1) is 5.83. The van der Waals surface area contributed by atoms with Crippen molar-refractivity contribution in [3.05, 3.63) is 0 Å². The van der Waals surface area contributed by atoms with Gasteiger partial charge >= 0.3 is 0 Å². The Morgan fingerprint density at radius 3 is 2.21 bits per heavy atom. The van der Waals surface area contributed by atoms with Crippen molar-refractivity contribution in [1.82, 2.24) is 0 Å². The zero-order valence-corrected chi connectivity index (χ0v) is 15.7. The monoisotopic (exact) mass is 552 g/mol. The first-order valence-corrected chi connectivity index (χ1v) is 6.52. The fourth-order valence-electron chi connectivity index (χ4n) is 1.76. The van der Waals surface area contributed by atoms with Gasteiger partial charge in [-0.3, -0.25) is 0 Å². The molecule has 0 bridgehead atoms. The van der Waals surface area contributed by atoms with Crippen LogP contribution in [0.5, 0.6) is 0 Å². The summed E-state index contributed by atoms with van der Waals surface area (Å²) in [7, 11) is 1.17. The van der Waals surface area contributed by atoms with Gasteiger partial charge in [-0.15, -0.1) is 0 Å². The molecule has 0 atom stereocenters. The summed E-state index contributed by atoms with van der Waals surface area (Å²) in [4.78, 5) is 0. The summed E-state index contributed by atoms with van der Waals surface area (Å²) in [6.07, 6.45) is 7.44. The van der Waals surface area contributed by atoms with Crippen LogP contribution in [0.25, 0.3) is 0 Å². The quantitative estimate of drug-likeness (QED) is 0.421. The fraction of sp³-hybridized carbons (Fsp3) is 1.00. The molecule has 1 aliphatic carbocycles. The molecule has 0 spiro atoms. The molecule has 82 valence electrons. The minimum Gasteiger partial charge on any atom is -0.393 e. The summed E-state index contributed by atoms with van der Waals surface area (Å²) in [5, 5.41) is 9.30. The van der Waals surface area contributed by atoms with E-state index in [-0.39, 0.29) is 48.2 Å². The largest absolute Gasteiger partial charge is 0.393 e. The third kappa shape index (κ3) is 7.79. The summed E-state index contributed by atoms with van der Waals surface area (Å²) >= 11 is 0. The Bertz CT molecular complexity index is 117. The van der Waals surface area contributed by atoms with Gasteiger partial charge in [-0.1, -0.05) is 38.7 Å². The molecular formula is C10H20OSiW2. The maximum Gasteiger partial charge on any atom is 0.0540 e. The van der Waals surface area contributed by atoms with E-state index in [0.717, 1.165) is 18.4 Å². The second-order valence-electron chi connectivity index (χ2n) is 3.81. The molecule has 1 saturated carbocycles. The van der Waals surface area contributed by atoms with Gasteiger partial charge in [0.15, 0.2) is 0 Å². The SMILES string of the molecule is CCCC[Si]C1CCC(O)CC1.[W].[W]. The molecule has 1 N–H and O–H groups in total. The van der Waals surface area contributed by atoms with Crippen molar-refractivity contribution in [2.24, 2.45) is 0 Å². The molecule has 0 unspecified atom stereocenters. The van der Waals surface area contributed by atoms with Crippen LogP contribution >= 0.6 is 0 Å². The Labute approximate surface area is 119 Å². The van der Waals surface area contributed by atoms with Crippen LogP contribution in [0.1, 0.15) is 45.4 Å². The summed E-state index contributed by atoms with van der Waals surface area (Å²) < 4.78 is 0. The Morgan fingerprint density at radius 2 is 1.71 bits per heavy atom. The molecule has 0 aliphatic heterocycles. The third-order valence-electron chi connectivity index (χ3n) is 2.66. The van der Waals surface area contributed by atoms with Crippen molar-refractivity contribution in [3.8, 4) is 0 Å². The zero-order chi connectivity index (χ0) is 8.81. The fourth-order valence-corrected chi connectivity index (χ4v) is 3.47. The predicted molar refractivity (Wildman–Crippen MR) is 53.7 cm³/mol. The molecule has 0 aromatic heterocycles. The van der Waals surface area contributed by atoms with Crippen LogP contribution in [0.2, 0.25) is 11.6 Å². The standard InChI is InChI=1S/C10H20OSi.2W/c1-2-3-8-12-10-6-4-9(11)5-7-10;;/h9-11H,2-8H2,1H3;;. The van der Waals surface area contributed by atoms with Crippen molar-refractivity contribution in [2.45, 2.75) is 63.1 Å². The van der Waals surface area contributed by atoms with Gasteiger partial charge in [-0.05, 0) is 18.4 Å². The number of hydrogen-bond acceptors (Lipinski definition) is 1. The maximum atomic E-state index is 9.30. The van der Waals surface area contributed by atoms with E-state index in [1.807, 2.05) is 0 Å². The molecule has 0 amide bonds. The van der Waals surface area contributed by atoms with Crippen LogP contribution in [0.3, 0.4) is 0 Å². The Kier molecular flexibility index (Phi) is 14.2. The minimum absolute atomic E-state index is 0. The van der Waals surface area contributed by atoms with E-state index in [0.29, 0.717) is 0 Å². The molecule has 2 radical (unpaired) electrons. The summed E-state index contributed by atoms with van der Waals surface area (Å²) in [5.74, 6) is 0. The smallest absolute Gasteiger partial charge is 0.0540 e. The van der Waals surface area contributed by atoms with Gasteiger partial charge in [0, 0.05) is 51.7 Å². The summed E-state index contributed by atoms with van der Waals surface area (Å²) in [5.41, 5.74) is 0.958. The van der Waals surface area contributed by atoms with Crippen LogP contribution in [-0.2, 0) is 42.1 Å². The van der Waals surface area contributed by atoms with E-state index >= 15 is 0 Å². The van der Waals surface area contributed by atoms with E-state index in [1.54, 1.807) is 0 Å². The Hall–Kier alpha value is 1.55. The van der Waals surface area contributed by atoms with Gasteiger partial charge in [-0.25, -0.2) is 0 Å². The van der Waals surface area contributed by atoms with Crippen LogP contribution in [0.15, 0.2) is 0 Å². The van der Waals surface area contributed by atoms with Crippen molar-refractivity contribution in [2.75, 3.05) is 0 Å². The first-order valence-electron chi connectivity index (χ1n) is 5.24. The van der Waals surface area contributed by atoms with Crippen molar-refractivity contribution in [3.63, 3.8) is 0 Å². The van der Waals surface area contributed by atoms with Gasteiger partial charge in [0.25, 0.3) is 0 Å². The number of aliphatic hydroxyl groups is 1. The molecule has 1 rings (SSSR count). The van der Waals surface area contributed by atoms with Crippen LogP contribution in [0, 0.1) is 0 Å². The molecule has 0 heterocycles. The van der Waals surface area contributed by atoms with Gasteiger partial charge in [0.2, 0.25) is 0 Å². The van der Waals surface area contributed by atoms with Crippen molar-refractivity contribution in [1.29, 1.82) is 0 Å². The topological polar surface area (TPSA) is 20.2 Å². The maximum absolute atomic E-state index is 9.30. The van der Waals surface area contributed by atoms with E-state index in [9.17, 15) is 5.11 Å². The molecule has 0 saturated heterocycles. The van der Waals surface area contributed by atoms with Gasteiger partial charge < -0.3 is 5.11 Å². The average Bonchev–Trinajstić information content (AvgIpc) is 2.09. The van der Waals surface area contributed by atoms with E-state index in [2.05, 4.69) is 6.92 Å². The van der Waals surface area contributed by atoms with Gasteiger partial charge in [0.05, 0.1) is 6.10 Å². The molecule has 0 aromatic carbocycles. The summed E-state index contributed by atoms with van der Waals surface area (Å²) in [6, 6.07) is 1.43. The van der Waals surface area contributed by atoms with Crippen LogP contribution in [0.4, 0.5) is 0 Å². The Morgan fingerprint density at radius 1 is 1.14 bits per heavy atom. The molecular weight excluding hydrogens is 532 g/mol. The van der Waals surface area contributed by atoms with Crippen LogP contribution < -0.4 is 0 Å². The number of hydrogen-bond donors (Lipinski definition) is 1. The van der Waals surface area contributed by atoms with Crippen molar-refractivity contribution >= 4 is 9.52 Å². The normalized spacial score (nSPS) is 26.1. The van der Waals surface area contributed by atoms with Gasteiger partial charge in [0.1, 0.15) is 0 Å². The number of unbranched alkanes of at least 4 members (excludes halogenated alkanes) is 1. The molecule has 1 aliphatic rings. The second-order valence-corrected chi connectivity index (χ2v) is 5.54. The van der Waals surface area contributed by atoms with E-state index in [4.69, 9.17) is 0 Å². The van der Waals surface area contributed by atoms with E-state index in [1.165, 1.54) is 41.2 Å². The Balaban J connectivity index is 0. The minimum atomic E-state index is 0. The number of aliphatic hydroxyl groups excluding tert-OH is 1. The first kappa shape index (κ1) is 17.9. The zero-order valence-electron chi connectivity index (χ0n) is 8.87. The third-order valence-corrected chi connectivity index (χ3v) is 4.46. The molecule has 1 fully saturated rings. The predicted octanol–water partition coefficient (Wildman–Crippen LogP) is 2.63. The molecule has 0 aromatic rings. The molecule has 1 nitrogen and oxygen atoms in total. The number of rotatable bonds is 4.